The molecule has 1 aromatic rings. The van der Waals surface area contributed by atoms with E-state index in [1.165, 1.54) is 0 Å². The number of rotatable bonds is 2. The normalized spacial score (nSPS) is 10.1. The van der Waals surface area contributed by atoms with Gasteiger partial charge < -0.3 is 22.3 Å². The van der Waals surface area contributed by atoms with E-state index in [2.05, 4.69) is 4.99 Å². The predicted octanol–water partition coefficient (Wildman–Crippen LogP) is 0.675. The fraction of sp³-hybridized carbons (Fsp3) is 0.200. The number of hydrogen-bond donors (Lipinski definition) is 4. The number of alkyl halides is 3. The third kappa shape index (κ3) is 7.47. The zero-order valence-corrected chi connectivity index (χ0v) is 9.69. The maximum atomic E-state index is 10.6. The summed E-state index contributed by atoms with van der Waals surface area (Å²) in [7, 11) is 0. The van der Waals surface area contributed by atoms with E-state index in [0.717, 1.165) is 5.56 Å². The molecule has 0 heterocycles. The Labute approximate surface area is 106 Å². The highest BCUT2D eigenvalue weighted by Crippen LogP contribution is 2.13. The van der Waals surface area contributed by atoms with Gasteiger partial charge in [0.15, 0.2) is 5.96 Å². The van der Waals surface area contributed by atoms with E-state index in [1.807, 2.05) is 24.3 Å². The summed E-state index contributed by atoms with van der Waals surface area (Å²) in [5, 5.41) is 7.12. The molecule has 0 atom stereocenters. The molecule has 0 aliphatic rings. The summed E-state index contributed by atoms with van der Waals surface area (Å²) in [6.45, 7) is 0.439. The van der Waals surface area contributed by atoms with Crippen LogP contribution in [0.3, 0.4) is 0 Å². The zero-order valence-electron chi connectivity index (χ0n) is 9.69. The Hall–Kier alpha value is -2.45. The second-order valence-corrected chi connectivity index (χ2v) is 3.24. The molecule has 106 valence electrons. The highest BCUT2D eigenvalue weighted by Gasteiger charge is 2.38. The average molecular weight is 278 g/mol. The van der Waals surface area contributed by atoms with Crippen LogP contribution in [0.15, 0.2) is 29.3 Å². The molecule has 1 aromatic carbocycles. The summed E-state index contributed by atoms with van der Waals surface area (Å²) >= 11 is 0. The van der Waals surface area contributed by atoms with Crippen molar-refractivity contribution in [1.82, 2.24) is 0 Å². The number of benzene rings is 1. The minimum Gasteiger partial charge on any atom is -0.475 e. The molecule has 1 rings (SSSR count). The van der Waals surface area contributed by atoms with Crippen LogP contribution in [0, 0.1) is 0 Å². The summed E-state index contributed by atoms with van der Waals surface area (Å²) in [6.07, 6.45) is -5.08. The first-order valence-electron chi connectivity index (χ1n) is 4.83. The Morgan fingerprint density at radius 2 is 1.74 bits per heavy atom. The topological polar surface area (TPSA) is 128 Å². The van der Waals surface area contributed by atoms with Crippen molar-refractivity contribution in [2.75, 3.05) is 5.73 Å². The highest BCUT2D eigenvalue weighted by atomic mass is 19.4. The van der Waals surface area contributed by atoms with E-state index in [9.17, 15) is 13.2 Å². The fourth-order valence-corrected chi connectivity index (χ4v) is 0.855. The maximum Gasteiger partial charge on any atom is 0.490 e. The summed E-state index contributed by atoms with van der Waals surface area (Å²) in [5.74, 6) is -2.68. The maximum absolute atomic E-state index is 10.6. The van der Waals surface area contributed by atoms with Gasteiger partial charge in [0.05, 0.1) is 6.54 Å². The van der Waals surface area contributed by atoms with Gasteiger partial charge in [-0.05, 0) is 11.6 Å². The number of anilines is 1. The molecule has 0 aromatic heterocycles. The van der Waals surface area contributed by atoms with Crippen molar-refractivity contribution in [3.8, 4) is 0 Å². The van der Waals surface area contributed by atoms with E-state index in [1.54, 1.807) is 0 Å². The molecule has 0 aliphatic carbocycles. The zero-order chi connectivity index (χ0) is 15.1. The Morgan fingerprint density at radius 1 is 1.26 bits per heavy atom. The van der Waals surface area contributed by atoms with Gasteiger partial charge in [-0.3, -0.25) is 0 Å². The first-order chi connectivity index (χ1) is 8.64. The van der Waals surface area contributed by atoms with Gasteiger partial charge in [-0.15, -0.1) is 0 Å². The lowest BCUT2D eigenvalue weighted by Crippen LogP contribution is -2.22. The second-order valence-electron chi connectivity index (χ2n) is 3.24. The van der Waals surface area contributed by atoms with E-state index in [-0.39, 0.29) is 5.96 Å². The molecule has 0 fully saturated rings. The van der Waals surface area contributed by atoms with E-state index >= 15 is 0 Å². The number of para-hydroxylation sites is 1. The van der Waals surface area contributed by atoms with Gasteiger partial charge in [-0.2, -0.15) is 13.2 Å². The number of halogens is 3. The smallest absolute Gasteiger partial charge is 0.475 e. The van der Waals surface area contributed by atoms with Crippen LogP contribution in [0.25, 0.3) is 0 Å². The van der Waals surface area contributed by atoms with Crippen LogP contribution in [0.5, 0.6) is 0 Å². The Bertz CT molecular complexity index is 456. The monoisotopic (exact) mass is 278 g/mol. The minimum atomic E-state index is -5.08. The molecule has 6 nitrogen and oxygen atoms in total. The van der Waals surface area contributed by atoms with Crippen molar-refractivity contribution in [2.45, 2.75) is 12.7 Å². The number of aliphatic carboxylic acids is 1. The molecular weight excluding hydrogens is 265 g/mol. The van der Waals surface area contributed by atoms with Gasteiger partial charge in [-0.1, -0.05) is 18.2 Å². The van der Waals surface area contributed by atoms with E-state index < -0.39 is 12.1 Å². The molecule has 0 amide bonds. The molecule has 0 saturated carbocycles. The molecule has 0 bridgehead atoms. The van der Waals surface area contributed by atoms with Crippen LogP contribution in [-0.4, -0.2) is 23.2 Å². The number of nitrogens with zero attached hydrogens (tertiary/aromatic N) is 1. The summed E-state index contributed by atoms with van der Waals surface area (Å²) in [4.78, 5) is 12.7. The van der Waals surface area contributed by atoms with E-state index in [4.69, 9.17) is 27.1 Å². The van der Waals surface area contributed by atoms with Crippen LogP contribution >= 0.6 is 0 Å². The number of nitrogen functional groups attached to an aromatic ring is 1. The lowest BCUT2D eigenvalue weighted by molar-refractivity contribution is -0.192. The van der Waals surface area contributed by atoms with Crippen LogP contribution in [-0.2, 0) is 11.3 Å². The lowest BCUT2D eigenvalue weighted by atomic mass is 10.2. The molecule has 0 unspecified atom stereocenters. The molecule has 0 radical (unpaired) electrons. The van der Waals surface area contributed by atoms with Crippen molar-refractivity contribution in [3.05, 3.63) is 29.8 Å². The molecule has 7 N–H and O–H groups in total. The largest absolute Gasteiger partial charge is 0.490 e. The van der Waals surface area contributed by atoms with Gasteiger partial charge in [0.25, 0.3) is 0 Å². The number of aliphatic imine (C=N–C) groups is 1. The van der Waals surface area contributed by atoms with Crippen molar-refractivity contribution in [2.24, 2.45) is 16.5 Å². The van der Waals surface area contributed by atoms with Gasteiger partial charge >= 0.3 is 12.1 Å². The fourth-order valence-electron chi connectivity index (χ4n) is 0.855. The number of carbonyl (C=O) groups is 1. The number of carboxylic acids is 1. The van der Waals surface area contributed by atoms with E-state index in [0.29, 0.717) is 12.2 Å². The van der Waals surface area contributed by atoms with Crippen LogP contribution < -0.4 is 17.2 Å². The number of carboxylic acid groups (broad SMARTS) is 1. The molecule has 0 spiro atoms. The van der Waals surface area contributed by atoms with Crippen molar-refractivity contribution < 1.29 is 23.1 Å². The van der Waals surface area contributed by atoms with Crippen LogP contribution in [0.2, 0.25) is 0 Å². The average Bonchev–Trinajstić information content (AvgIpc) is 2.27. The second kappa shape index (κ2) is 7.09. The Kier molecular flexibility index (Phi) is 6.17. The number of hydrogen-bond acceptors (Lipinski definition) is 3. The summed E-state index contributed by atoms with van der Waals surface area (Å²) in [5.41, 5.74) is 17.7. The standard InChI is InChI=1S/C8H12N4.C2HF3O2/c9-7-4-2-1-3-6(7)5-12-8(10)11;3-2(4,5)1(6)7/h1-4H,5,9H2,(H4,10,11,12);(H,6,7). The third-order valence-corrected chi connectivity index (χ3v) is 1.73. The Balaban J connectivity index is 0.000000399. The number of guanidine groups is 1. The molecule has 9 heteroatoms. The molecular formula is C10H13F3N4O2. The highest BCUT2D eigenvalue weighted by molar-refractivity contribution is 5.75. The van der Waals surface area contributed by atoms with Crippen LogP contribution in [0.4, 0.5) is 18.9 Å². The van der Waals surface area contributed by atoms with Crippen molar-refractivity contribution in [3.63, 3.8) is 0 Å². The van der Waals surface area contributed by atoms with Gasteiger partial charge in [0.2, 0.25) is 0 Å². The quantitative estimate of drug-likeness (QED) is 0.359. The number of nitrogens with two attached hydrogens (primary N) is 3. The van der Waals surface area contributed by atoms with Gasteiger partial charge in [0, 0.05) is 5.69 Å². The first-order valence-corrected chi connectivity index (χ1v) is 4.83. The SMILES string of the molecule is NC(N)=NCc1ccccc1N.O=C(O)C(F)(F)F. The summed E-state index contributed by atoms with van der Waals surface area (Å²) in [6, 6.07) is 7.47. The van der Waals surface area contributed by atoms with Gasteiger partial charge in [-0.25, -0.2) is 9.79 Å². The van der Waals surface area contributed by atoms with Gasteiger partial charge in [0.1, 0.15) is 0 Å². The summed E-state index contributed by atoms with van der Waals surface area (Å²) < 4.78 is 31.7. The van der Waals surface area contributed by atoms with Crippen molar-refractivity contribution >= 4 is 17.6 Å². The van der Waals surface area contributed by atoms with Crippen molar-refractivity contribution in [1.29, 1.82) is 0 Å². The van der Waals surface area contributed by atoms with Crippen LogP contribution in [0.1, 0.15) is 5.56 Å². The lowest BCUT2D eigenvalue weighted by Gasteiger charge is -2.00. The minimum absolute atomic E-state index is 0.0817. The molecule has 0 saturated heterocycles. The first kappa shape index (κ1) is 16.6. The Morgan fingerprint density at radius 3 is 2.11 bits per heavy atom. The molecule has 0 aliphatic heterocycles. The molecule has 19 heavy (non-hydrogen) atoms. The predicted molar refractivity (Wildman–Crippen MR) is 64.1 cm³/mol. The third-order valence-electron chi connectivity index (χ3n) is 1.73.